The number of urea groups is 1. The van der Waals surface area contributed by atoms with Crippen LogP contribution >= 0.6 is 23.1 Å². The third kappa shape index (κ3) is 5.05. The Labute approximate surface area is 194 Å². The molecule has 1 fully saturated rings. The minimum atomic E-state index is -0.472. The third-order valence-corrected chi connectivity index (χ3v) is 7.70. The molecule has 3 amide bonds. The van der Waals surface area contributed by atoms with Crippen molar-refractivity contribution in [1.82, 2.24) is 20.2 Å². The van der Waals surface area contributed by atoms with Gasteiger partial charge in [0.25, 0.3) is 5.56 Å². The van der Waals surface area contributed by atoms with E-state index in [9.17, 15) is 14.4 Å². The number of aromatic nitrogens is 2. The number of hydrogen-bond donors (Lipinski definition) is 2. The molecule has 4 rings (SSSR count). The van der Waals surface area contributed by atoms with Crippen molar-refractivity contribution in [3.05, 3.63) is 56.2 Å². The van der Waals surface area contributed by atoms with Crippen molar-refractivity contribution >= 4 is 45.3 Å². The highest BCUT2D eigenvalue weighted by Crippen LogP contribution is 2.29. The van der Waals surface area contributed by atoms with Gasteiger partial charge in [0.05, 0.1) is 17.7 Å². The van der Waals surface area contributed by atoms with E-state index in [-0.39, 0.29) is 17.4 Å². The Morgan fingerprint density at radius 2 is 1.94 bits per heavy atom. The number of aryl methyl sites for hydroxylation is 3. The van der Waals surface area contributed by atoms with Gasteiger partial charge >= 0.3 is 6.03 Å². The quantitative estimate of drug-likeness (QED) is 0.405. The number of carbonyl (C=O) groups is 2. The Morgan fingerprint density at radius 1 is 1.22 bits per heavy atom. The topological polar surface area (TPSA) is 93.1 Å². The van der Waals surface area contributed by atoms with E-state index in [0.717, 1.165) is 40.8 Å². The monoisotopic (exact) mass is 470 g/mol. The molecular formula is C23H26N4O3S2. The van der Waals surface area contributed by atoms with Gasteiger partial charge in [-0.3, -0.25) is 19.5 Å². The first-order valence-corrected chi connectivity index (χ1v) is 12.5. The predicted molar refractivity (Wildman–Crippen MR) is 129 cm³/mol. The van der Waals surface area contributed by atoms with Gasteiger partial charge in [-0.25, -0.2) is 9.78 Å². The van der Waals surface area contributed by atoms with E-state index in [0.29, 0.717) is 21.9 Å². The molecule has 0 saturated heterocycles. The van der Waals surface area contributed by atoms with Gasteiger partial charge in [-0.15, -0.1) is 11.3 Å². The summed E-state index contributed by atoms with van der Waals surface area (Å²) in [6.45, 7) is 6.42. The summed E-state index contributed by atoms with van der Waals surface area (Å²) in [6, 6.07) is 7.71. The SMILES string of the molecule is CCc1sc2nc(SCC(=O)NC(=O)NC3CC3)n(Cc3ccc(C)cc3)c(=O)c2c1C. The Kier molecular flexibility index (Phi) is 6.66. The number of fused-ring (bicyclic) bond motifs is 1. The van der Waals surface area contributed by atoms with Crippen molar-refractivity contribution in [2.75, 3.05) is 5.75 Å². The molecule has 1 saturated carbocycles. The number of benzene rings is 1. The van der Waals surface area contributed by atoms with Gasteiger partial charge in [0, 0.05) is 10.9 Å². The summed E-state index contributed by atoms with van der Waals surface area (Å²) in [6.07, 6.45) is 2.74. The highest BCUT2D eigenvalue weighted by Gasteiger charge is 2.24. The molecule has 0 unspecified atom stereocenters. The van der Waals surface area contributed by atoms with Crippen LogP contribution in [0.15, 0.2) is 34.2 Å². The number of nitrogens with one attached hydrogen (secondary N) is 2. The predicted octanol–water partition coefficient (Wildman–Crippen LogP) is 3.77. The average Bonchev–Trinajstić information content (AvgIpc) is 3.51. The Bertz CT molecular complexity index is 1230. The fourth-order valence-corrected chi connectivity index (χ4v) is 5.41. The largest absolute Gasteiger partial charge is 0.335 e. The number of thioether (sulfide) groups is 1. The Hall–Kier alpha value is -2.65. The summed E-state index contributed by atoms with van der Waals surface area (Å²) in [5, 5.41) is 6.21. The van der Waals surface area contributed by atoms with Crippen molar-refractivity contribution in [2.24, 2.45) is 0 Å². The lowest BCUT2D eigenvalue weighted by atomic mass is 10.1. The van der Waals surface area contributed by atoms with Crippen LogP contribution in [0.3, 0.4) is 0 Å². The fourth-order valence-electron chi connectivity index (χ4n) is 3.45. The van der Waals surface area contributed by atoms with E-state index >= 15 is 0 Å². The molecule has 2 heterocycles. The van der Waals surface area contributed by atoms with E-state index in [1.165, 1.54) is 23.1 Å². The van der Waals surface area contributed by atoms with Gasteiger partial charge in [-0.2, -0.15) is 0 Å². The van der Waals surface area contributed by atoms with Crippen LogP contribution in [0.4, 0.5) is 4.79 Å². The van der Waals surface area contributed by atoms with Crippen LogP contribution in [-0.4, -0.2) is 33.3 Å². The standard InChI is InChI=1S/C23H26N4O3S2/c1-4-17-14(3)19-20(32-17)26-23(31-12-18(28)25-22(30)24-16-9-10-16)27(21(19)29)11-15-7-5-13(2)6-8-15/h5-8,16H,4,9-12H2,1-3H3,(H2,24,25,28,30). The summed E-state index contributed by atoms with van der Waals surface area (Å²) in [5.74, 6) is -0.421. The molecule has 0 aliphatic heterocycles. The molecule has 0 bridgehead atoms. The van der Waals surface area contributed by atoms with E-state index in [1.54, 1.807) is 4.57 Å². The van der Waals surface area contributed by atoms with E-state index in [1.807, 2.05) is 38.1 Å². The summed E-state index contributed by atoms with van der Waals surface area (Å²) >= 11 is 2.70. The zero-order valence-electron chi connectivity index (χ0n) is 18.4. The highest BCUT2D eigenvalue weighted by molar-refractivity contribution is 7.99. The fraction of sp³-hybridized carbons (Fsp3) is 0.391. The van der Waals surface area contributed by atoms with Crippen LogP contribution in [0.25, 0.3) is 10.2 Å². The summed E-state index contributed by atoms with van der Waals surface area (Å²) in [5.41, 5.74) is 3.01. The van der Waals surface area contributed by atoms with Crippen molar-refractivity contribution in [3.63, 3.8) is 0 Å². The molecule has 32 heavy (non-hydrogen) atoms. The number of thiophene rings is 1. The Balaban J connectivity index is 1.62. The van der Waals surface area contributed by atoms with Crippen molar-refractivity contribution < 1.29 is 9.59 Å². The molecule has 1 aliphatic carbocycles. The van der Waals surface area contributed by atoms with Crippen LogP contribution in [0.5, 0.6) is 0 Å². The van der Waals surface area contributed by atoms with Crippen LogP contribution in [0.1, 0.15) is 41.3 Å². The zero-order chi connectivity index (χ0) is 22.8. The first-order chi connectivity index (χ1) is 15.4. The molecule has 7 nitrogen and oxygen atoms in total. The number of nitrogens with zero attached hydrogens (tertiary/aromatic N) is 2. The summed E-state index contributed by atoms with van der Waals surface area (Å²) in [7, 11) is 0. The lowest BCUT2D eigenvalue weighted by Crippen LogP contribution is -2.41. The maximum Gasteiger partial charge on any atom is 0.321 e. The third-order valence-electron chi connectivity index (χ3n) is 5.39. The van der Waals surface area contributed by atoms with Crippen LogP contribution in [0.2, 0.25) is 0 Å². The van der Waals surface area contributed by atoms with Crippen molar-refractivity contribution in [3.8, 4) is 0 Å². The molecule has 0 radical (unpaired) electrons. The molecule has 3 aromatic rings. The van der Waals surface area contributed by atoms with Crippen LogP contribution < -0.4 is 16.2 Å². The van der Waals surface area contributed by atoms with E-state index in [4.69, 9.17) is 4.98 Å². The van der Waals surface area contributed by atoms with E-state index in [2.05, 4.69) is 17.6 Å². The van der Waals surface area contributed by atoms with E-state index < -0.39 is 11.9 Å². The molecule has 0 atom stereocenters. The van der Waals surface area contributed by atoms with Crippen LogP contribution in [0, 0.1) is 13.8 Å². The minimum Gasteiger partial charge on any atom is -0.335 e. The molecule has 1 aromatic carbocycles. The molecule has 9 heteroatoms. The molecular weight excluding hydrogens is 444 g/mol. The lowest BCUT2D eigenvalue weighted by molar-refractivity contribution is -0.117. The first kappa shape index (κ1) is 22.5. The smallest absolute Gasteiger partial charge is 0.321 e. The zero-order valence-corrected chi connectivity index (χ0v) is 20.0. The summed E-state index contributed by atoms with van der Waals surface area (Å²) < 4.78 is 1.63. The molecule has 2 aromatic heterocycles. The second kappa shape index (κ2) is 9.46. The lowest BCUT2D eigenvalue weighted by Gasteiger charge is -2.13. The summed E-state index contributed by atoms with van der Waals surface area (Å²) in [4.78, 5) is 44.2. The number of imide groups is 1. The van der Waals surface area contributed by atoms with Gasteiger partial charge in [-0.05, 0) is 44.2 Å². The molecule has 168 valence electrons. The number of carbonyl (C=O) groups excluding carboxylic acids is 2. The molecule has 1 aliphatic rings. The minimum absolute atomic E-state index is 0.00504. The van der Waals surface area contributed by atoms with Crippen molar-refractivity contribution in [1.29, 1.82) is 0 Å². The second-order valence-corrected chi connectivity index (χ2v) is 10.1. The highest BCUT2D eigenvalue weighted by atomic mass is 32.2. The van der Waals surface area contributed by atoms with Gasteiger partial charge in [0.15, 0.2) is 5.16 Å². The maximum absolute atomic E-state index is 13.5. The molecule has 2 N–H and O–H groups in total. The molecule has 0 spiro atoms. The Morgan fingerprint density at radius 3 is 2.59 bits per heavy atom. The average molecular weight is 471 g/mol. The number of amides is 3. The second-order valence-electron chi connectivity index (χ2n) is 8.04. The van der Waals surface area contributed by atoms with Crippen LogP contribution in [-0.2, 0) is 17.8 Å². The normalized spacial score (nSPS) is 13.3. The van der Waals surface area contributed by atoms with Gasteiger partial charge in [0.2, 0.25) is 5.91 Å². The number of rotatable bonds is 7. The maximum atomic E-state index is 13.5. The van der Waals surface area contributed by atoms with Gasteiger partial charge in [0.1, 0.15) is 4.83 Å². The van der Waals surface area contributed by atoms with Gasteiger partial charge < -0.3 is 5.32 Å². The van der Waals surface area contributed by atoms with Gasteiger partial charge in [-0.1, -0.05) is 48.5 Å². The number of hydrogen-bond acceptors (Lipinski definition) is 6. The first-order valence-electron chi connectivity index (χ1n) is 10.7. The van der Waals surface area contributed by atoms with Crippen molar-refractivity contribution in [2.45, 2.75) is 57.8 Å².